The fourth-order valence-corrected chi connectivity index (χ4v) is 4.26. The van der Waals surface area contributed by atoms with Crippen molar-refractivity contribution >= 4 is 10.0 Å². The lowest BCUT2D eigenvalue weighted by Crippen LogP contribution is -2.26. The van der Waals surface area contributed by atoms with Crippen LogP contribution < -0.4 is 4.72 Å². The Morgan fingerprint density at radius 1 is 1.00 bits per heavy atom. The summed E-state index contributed by atoms with van der Waals surface area (Å²) in [6, 6.07) is 1.80. The largest absolute Gasteiger partial charge is 0.276 e. The topological polar surface area (TPSA) is 64.0 Å². The summed E-state index contributed by atoms with van der Waals surface area (Å²) in [4.78, 5) is 0.393. The van der Waals surface area contributed by atoms with E-state index in [0.29, 0.717) is 10.6 Å². The quantitative estimate of drug-likeness (QED) is 0.941. The zero-order chi connectivity index (χ0) is 16.7. The van der Waals surface area contributed by atoms with E-state index in [1.807, 2.05) is 34.6 Å². The fraction of sp³-hybridized carbons (Fsp3) is 0.438. The minimum Gasteiger partial charge on any atom is -0.276 e. The Kier molecular flexibility index (Phi) is 4.44. The standard InChI is InChI=1S/C16H23N3O2S/c1-10-11(2)13(4)16(14(5)12(10)3)22(20,21)17-9-15-7-8-19(6)18-15/h7-8,17H,9H2,1-6H3. The second-order valence-corrected chi connectivity index (χ2v) is 7.46. The first-order valence-corrected chi connectivity index (χ1v) is 8.68. The summed E-state index contributed by atoms with van der Waals surface area (Å²) < 4.78 is 29.8. The van der Waals surface area contributed by atoms with Crippen LogP contribution in [0.2, 0.25) is 0 Å². The van der Waals surface area contributed by atoms with Crippen molar-refractivity contribution in [2.45, 2.75) is 46.1 Å². The molecule has 6 heteroatoms. The second kappa shape index (κ2) is 5.85. The molecule has 1 aromatic carbocycles. The molecule has 5 nitrogen and oxygen atoms in total. The number of hydrogen-bond acceptors (Lipinski definition) is 3. The highest BCUT2D eigenvalue weighted by Gasteiger charge is 2.23. The number of nitrogens with zero attached hydrogens (tertiary/aromatic N) is 2. The van der Waals surface area contributed by atoms with Gasteiger partial charge in [0.1, 0.15) is 0 Å². The lowest BCUT2D eigenvalue weighted by Gasteiger charge is -2.18. The van der Waals surface area contributed by atoms with Crippen molar-refractivity contribution in [3.05, 3.63) is 45.8 Å². The molecule has 0 aliphatic rings. The average molecular weight is 321 g/mol. The van der Waals surface area contributed by atoms with Gasteiger partial charge in [-0.2, -0.15) is 5.10 Å². The van der Waals surface area contributed by atoms with Crippen molar-refractivity contribution in [1.29, 1.82) is 0 Å². The number of nitrogens with one attached hydrogen (secondary N) is 1. The molecular formula is C16H23N3O2S. The molecule has 2 aromatic rings. The number of benzene rings is 1. The van der Waals surface area contributed by atoms with Gasteiger partial charge in [0.15, 0.2) is 0 Å². The Morgan fingerprint density at radius 2 is 1.50 bits per heavy atom. The highest BCUT2D eigenvalue weighted by atomic mass is 32.2. The molecule has 0 amide bonds. The third kappa shape index (κ3) is 2.94. The van der Waals surface area contributed by atoms with E-state index in [1.165, 1.54) is 0 Å². The molecule has 1 N–H and O–H groups in total. The molecule has 0 unspecified atom stereocenters. The van der Waals surface area contributed by atoms with Crippen LogP contribution in [-0.4, -0.2) is 18.2 Å². The Hall–Kier alpha value is -1.66. The number of hydrogen-bond donors (Lipinski definition) is 1. The zero-order valence-corrected chi connectivity index (χ0v) is 14.8. The van der Waals surface area contributed by atoms with Gasteiger partial charge in [0, 0.05) is 13.2 Å². The molecule has 0 saturated carbocycles. The maximum Gasteiger partial charge on any atom is 0.241 e. The molecule has 0 bridgehead atoms. The Balaban J connectivity index is 2.41. The summed E-state index contributed by atoms with van der Waals surface area (Å²) in [6.45, 7) is 9.88. The molecule has 0 spiro atoms. The van der Waals surface area contributed by atoms with Crippen LogP contribution in [0.5, 0.6) is 0 Å². The van der Waals surface area contributed by atoms with Crippen LogP contribution in [0.1, 0.15) is 33.5 Å². The molecule has 0 aliphatic carbocycles. The Bertz CT molecular complexity index is 791. The van der Waals surface area contributed by atoms with E-state index in [0.717, 1.165) is 27.8 Å². The first-order valence-electron chi connectivity index (χ1n) is 7.20. The van der Waals surface area contributed by atoms with Gasteiger partial charge in [-0.3, -0.25) is 4.68 Å². The third-order valence-corrected chi connectivity index (χ3v) is 6.09. The van der Waals surface area contributed by atoms with Gasteiger partial charge in [-0.05, 0) is 68.5 Å². The van der Waals surface area contributed by atoms with E-state index >= 15 is 0 Å². The lowest BCUT2D eigenvalue weighted by molar-refractivity contribution is 0.578. The molecule has 120 valence electrons. The van der Waals surface area contributed by atoms with Crippen LogP contribution in [0.3, 0.4) is 0 Å². The van der Waals surface area contributed by atoms with Crippen molar-refractivity contribution in [3.8, 4) is 0 Å². The molecule has 0 radical (unpaired) electrons. The summed E-state index contributed by atoms with van der Waals surface area (Å²) >= 11 is 0. The van der Waals surface area contributed by atoms with Crippen molar-refractivity contribution in [3.63, 3.8) is 0 Å². The molecule has 0 fully saturated rings. The van der Waals surface area contributed by atoms with Crippen LogP contribution in [0.4, 0.5) is 0 Å². The molecule has 22 heavy (non-hydrogen) atoms. The number of aromatic nitrogens is 2. The summed E-state index contributed by atoms with van der Waals surface area (Å²) in [5.74, 6) is 0. The first-order chi connectivity index (χ1) is 10.1. The van der Waals surface area contributed by atoms with E-state index in [-0.39, 0.29) is 6.54 Å². The predicted molar refractivity (Wildman–Crippen MR) is 87.4 cm³/mol. The van der Waals surface area contributed by atoms with Crippen LogP contribution in [-0.2, 0) is 23.6 Å². The van der Waals surface area contributed by atoms with Gasteiger partial charge in [0.25, 0.3) is 0 Å². The monoisotopic (exact) mass is 321 g/mol. The summed E-state index contributed by atoms with van der Waals surface area (Å²) in [5.41, 5.74) is 5.53. The fourth-order valence-electron chi connectivity index (χ4n) is 2.67. The highest BCUT2D eigenvalue weighted by molar-refractivity contribution is 7.89. The minimum atomic E-state index is -3.57. The number of aryl methyl sites for hydroxylation is 1. The smallest absolute Gasteiger partial charge is 0.241 e. The Labute approximate surface area is 132 Å². The lowest BCUT2D eigenvalue weighted by atomic mass is 9.95. The van der Waals surface area contributed by atoms with Gasteiger partial charge >= 0.3 is 0 Å². The number of rotatable bonds is 4. The zero-order valence-electron chi connectivity index (χ0n) is 14.0. The average Bonchev–Trinajstić information content (AvgIpc) is 2.87. The van der Waals surface area contributed by atoms with Gasteiger partial charge in [-0.1, -0.05) is 0 Å². The normalized spacial score (nSPS) is 11.9. The van der Waals surface area contributed by atoms with Crippen molar-refractivity contribution in [2.24, 2.45) is 7.05 Å². The van der Waals surface area contributed by atoms with Crippen molar-refractivity contribution in [1.82, 2.24) is 14.5 Å². The van der Waals surface area contributed by atoms with E-state index in [2.05, 4.69) is 9.82 Å². The molecule has 0 saturated heterocycles. The first kappa shape index (κ1) is 16.7. The third-order valence-electron chi connectivity index (χ3n) is 4.41. The highest BCUT2D eigenvalue weighted by Crippen LogP contribution is 2.29. The van der Waals surface area contributed by atoms with Gasteiger partial charge in [-0.25, -0.2) is 13.1 Å². The summed E-state index contributed by atoms with van der Waals surface area (Å²) in [7, 11) is -1.77. The maximum atomic E-state index is 12.7. The van der Waals surface area contributed by atoms with Crippen molar-refractivity contribution < 1.29 is 8.42 Å². The molecule has 1 heterocycles. The number of sulfonamides is 1. The Morgan fingerprint density at radius 3 is 1.95 bits per heavy atom. The van der Waals surface area contributed by atoms with E-state index in [1.54, 1.807) is 24.0 Å². The van der Waals surface area contributed by atoms with Crippen LogP contribution >= 0.6 is 0 Å². The minimum absolute atomic E-state index is 0.189. The van der Waals surface area contributed by atoms with Crippen LogP contribution in [0.25, 0.3) is 0 Å². The van der Waals surface area contributed by atoms with Gasteiger partial charge < -0.3 is 0 Å². The van der Waals surface area contributed by atoms with E-state index in [4.69, 9.17) is 0 Å². The molecule has 1 aromatic heterocycles. The molecule has 2 rings (SSSR count). The maximum absolute atomic E-state index is 12.7. The molecular weight excluding hydrogens is 298 g/mol. The molecule has 0 atom stereocenters. The summed E-state index contributed by atoms with van der Waals surface area (Å²) in [5, 5.41) is 4.19. The van der Waals surface area contributed by atoms with Gasteiger partial charge in [-0.15, -0.1) is 0 Å². The van der Waals surface area contributed by atoms with E-state index in [9.17, 15) is 8.42 Å². The van der Waals surface area contributed by atoms with Gasteiger partial charge in [0.2, 0.25) is 10.0 Å². The second-order valence-electron chi connectivity index (χ2n) is 5.76. The van der Waals surface area contributed by atoms with E-state index < -0.39 is 10.0 Å². The van der Waals surface area contributed by atoms with Crippen LogP contribution in [0, 0.1) is 34.6 Å². The van der Waals surface area contributed by atoms with Crippen LogP contribution in [0.15, 0.2) is 17.2 Å². The summed E-state index contributed by atoms with van der Waals surface area (Å²) in [6.07, 6.45) is 1.79. The molecule has 0 aliphatic heterocycles. The van der Waals surface area contributed by atoms with Crippen molar-refractivity contribution in [2.75, 3.05) is 0 Å². The van der Waals surface area contributed by atoms with Gasteiger partial charge in [0.05, 0.1) is 17.1 Å². The predicted octanol–water partition coefficient (Wildman–Crippen LogP) is 2.44. The SMILES string of the molecule is Cc1c(C)c(C)c(S(=O)(=O)NCc2ccn(C)n2)c(C)c1C.